The Hall–Kier alpha value is -2.65. The number of carbonyl (C=O) groups excluding carboxylic acids is 2. The molecule has 0 radical (unpaired) electrons. The van der Waals surface area contributed by atoms with E-state index in [2.05, 4.69) is 6.58 Å². The minimum Gasteiger partial charge on any atom is -0.461 e. The number of rotatable bonds is 8. The van der Waals surface area contributed by atoms with Crippen LogP contribution in [-0.2, 0) is 14.3 Å². The average Bonchev–Trinajstić information content (AvgIpc) is 2.69. The zero-order valence-corrected chi connectivity index (χ0v) is 16.3. The standard InChI is InChI=1S/C23H23ClO3/c1-4-19(20-8-6-5-7-9-20)15-27-23(26)17(3)22(25)16(2)14-18-10-12-21(24)13-11-18/h5-14,19H,3-4,15H2,1-2H3/b16-14+/t19-/m1/s1. The minimum atomic E-state index is -0.682. The number of benzene rings is 2. The molecule has 0 heterocycles. The van der Waals surface area contributed by atoms with Crippen molar-refractivity contribution in [3.05, 3.63) is 88.5 Å². The zero-order valence-electron chi connectivity index (χ0n) is 15.6. The van der Waals surface area contributed by atoms with E-state index in [1.807, 2.05) is 37.3 Å². The van der Waals surface area contributed by atoms with E-state index in [9.17, 15) is 9.59 Å². The maximum absolute atomic E-state index is 12.4. The fourth-order valence-corrected chi connectivity index (χ4v) is 2.77. The van der Waals surface area contributed by atoms with E-state index >= 15 is 0 Å². The Balaban J connectivity index is 1.98. The normalized spacial score (nSPS) is 12.3. The monoisotopic (exact) mass is 382 g/mol. The Bertz CT molecular complexity index is 836. The molecule has 3 nitrogen and oxygen atoms in total. The molecule has 0 saturated heterocycles. The Labute approximate surface area is 165 Å². The zero-order chi connectivity index (χ0) is 19.8. The molecule has 0 amide bonds. The van der Waals surface area contributed by atoms with Crippen LogP contribution >= 0.6 is 11.6 Å². The van der Waals surface area contributed by atoms with Crippen molar-refractivity contribution in [3.63, 3.8) is 0 Å². The minimum absolute atomic E-state index is 0.0868. The molecule has 0 spiro atoms. The van der Waals surface area contributed by atoms with Crippen LogP contribution in [0.15, 0.2) is 72.3 Å². The van der Waals surface area contributed by atoms with Crippen molar-refractivity contribution in [1.29, 1.82) is 0 Å². The van der Waals surface area contributed by atoms with Gasteiger partial charge >= 0.3 is 5.97 Å². The van der Waals surface area contributed by atoms with Crippen molar-refractivity contribution in [2.24, 2.45) is 0 Å². The molecule has 0 unspecified atom stereocenters. The first-order chi connectivity index (χ1) is 12.9. The van der Waals surface area contributed by atoms with Gasteiger partial charge in [0.2, 0.25) is 0 Å². The summed E-state index contributed by atoms with van der Waals surface area (Å²) in [6.45, 7) is 7.51. The third-order valence-corrected chi connectivity index (χ3v) is 4.56. The molecule has 140 valence electrons. The lowest BCUT2D eigenvalue weighted by molar-refractivity contribution is -0.140. The summed E-state index contributed by atoms with van der Waals surface area (Å²) < 4.78 is 5.34. The summed E-state index contributed by atoms with van der Waals surface area (Å²) >= 11 is 5.86. The maximum Gasteiger partial charge on any atom is 0.341 e. The number of carbonyl (C=O) groups is 2. The predicted molar refractivity (Wildman–Crippen MR) is 110 cm³/mol. The Kier molecular flexibility index (Phi) is 7.56. The highest BCUT2D eigenvalue weighted by Crippen LogP contribution is 2.20. The van der Waals surface area contributed by atoms with Gasteiger partial charge < -0.3 is 4.74 Å². The van der Waals surface area contributed by atoms with Gasteiger partial charge in [-0.25, -0.2) is 4.79 Å². The van der Waals surface area contributed by atoms with Gasteiger partial charge in [0.05, 0.1) is 6.61 Å². The molecule has 2 aromatic carbocycles. The van der Waals surface area contributed by atoms with Gasteiger partial charge in [0, 0.05) is 10.9 Å². The lowest BCUT2D eigenvalue weighted by Crippen LogP contribution is -2.18. The molecule has 0 fully saturated rings. The third-order valence-electron chi connectivity index (χ3n) is 4.31. The van der Waals surface area contributed by atoms with Crippen LogP contribution in [0.25, 0.3) is 6.08 Å². The first kappa shape index (κ1) is 20.7. The number of ketones is 1. The second kappa shape index (κ2) is 9.89. The molecule has 0 aliphatic carbocycles. The van der Waals surface area contributed by atoms with Crippen LogP contribution in [-0.4, -0.2) is 18.4 Å². The summed E-state index contributed by atoms with van der Waals surface area (Å²) in [6, 6.07) is 16.9. The Morgan fingerprint density at radius 3 is 2.33 bits per heavy atom. The smallest absolute Gasteiger partial charge is 0.341 e. The quantitative estimate of drug-likeness (QED) is 0.258. The van der Waals surface area contributed by atoms with Crippen molar-refractivity contribution < 1.29 is 14.3 Å². The first-order valence-corrected chi connectivity index (χ1v) is 9.19. The summed E-state index contributed by atoms with van der Waals surface area (Å²) in [7, 11) is 0. The van der Waals surface area contributed by atoms with Crippen molar-refractivity contribution in [1.82, 2.24) is 0 Å². The van der Waals surface area contributed by atoms with Gasteiger partial charge in [-0.05, 0) is 48.3 Å². The van der Waals surface area contributed by atoms with Crippen LogP contribution in [0.1, 0.15) is 37.3 Å². The molecule has 0 saturated carbocycles. The fraction of sp³-hybridized carbons (Fsp3) is 0.217. The third kappa shape index (κ3) is 5.93. The van der Waals surface area contributed by atoms with Crippen LogP contribution in [0.4, 0.5) is 0 Å². The second-order valence-electron chi connectivity index (χ2n) is 6.30. The molecule has 0 aromatic heterocycles. The SMILES string of the molecule is C=C(C(=O)OC[C@@H](CC)c1ccccc1)C(=O)/C(C)=C/c1ccc(Cl)cc1. The number of halogens is 1. The topological polar surface area (TPSA) is 43.4 Å². The van der Waals surface area contributed by atoms with E-state index < -0.39 is 11.8 Å². The molecular formula is C23H23ClO3. The summed E-state index contributed by atoms with van der Waals surface area (Å²) in [5.41, 5.74) is 2.17. The number of hydrogen-bond donors (Lipinski definition) is 0. The van der Waals surface area contributed by atoms with Gasteiger partial charge in [0.25, 0.3) is 0 Å². The van der Waals surface area contributed by atoms with Gasteiger partial charge in [-0.1, -0.05) is 67.6 Å². The molecule has 0 N–H and O–H groups in total. The molecule has 0 aliphatic rings. The Morgan fingerprint density at radius 2 is 1.74 bits per heavy atom. The van der Waals surface area contributed by atoms with Gasteiger partial charge in [0.15, 0.2) is 5.78 Å². The van der Waals surface area contributed by atoms with E-state index in [-0.39, 0.29) is 18.1 Å². The maximum atomic E-state index is 12.4. The van der Waals surface area contributed by atoms with Crippen LogP contribution in [0.5, 0.6) is 0 Å². The fourth-order valence-electron chi connectivity index (χ4n) is 2.64. The van der Waals surface area contributed by atoms with Crippen LogP contribution in [0.3, 0.4) is 0 Å². The molecule has 0 bridgehead atoms. The van der Waals surface area contributed by atoms with Gasteiger partial charge in [-0.3, -0.25) is 4.79 Å². The van der Waals surface area contributed by atoms with Crippen LogP contribution in [0.2, 0.25) is 5.02 Å². The van der Waals surface area contributed by atoms with Gasteiger partial charge in [-0.15, -0.1) is 0 Å². The number of allylic oxidation sites excluding steroid dienone is 1. The van der Waals surface area contributed by atoms with E-state index in [4.69, 9.17) is 16.3 Å². The largest absolute Gasteiger partial charge is 0.461 e. The summed E-state index contributed by atoms with van der Waals surface area (Å²) in [5.74, 6) is -1.02. The molecular weight excluding hydrogens is 360 g/mol. The highest BCUT2D eigenvalue weighted by Gasteiger charge is 2.20. The number of esters is 1. The van der Waals surface area contributed by atoms with Crippen molar-refractivity contribution in [3.8, 4) is 0 Å². The summed E-state index contributed by atoms with van der Waals surface area (Å²) in [4.78, 5) is 24.7. The number of ether oxygens (including phenoxy) is 1. The highest BCUT2D eigenvalue weighted by atomic mass is 35.5. The molecule has 2 aromatic rings. The van der Waals surface area contributed by atoms with Crippen LogP contribution < -0.4 is 0 Å². The summed E-state index contributed by atoms with van der Waals surface area (Å²) in [6.07, 6.45) is 2.52. The average molecular weight is 383 g/mol. The van der Waals surface area contributed by atoms with Gasteiger partial charge in [-0.2, -0.15) is 0 Å². The molecule has 2 rings (SSSR count). The highest BCUT2D eigenvalue weighted by molar-refractivity contribution is 6.30. The molecule has 0 aliphatic heterocycles. The van der Waals surface area contributed by atoms with Crippen molar-refractivity contribution in [2.75, 3.05) is 6.61 Å². The van der Waals surface area contributed by atoms with E-state index in [1.54, 1.807) is 37.3 Å². The van der Waals surface area contributed by atoms with Crippen molar-refractivity contribution in [2.45, 2.75) is 26.2 Å². The summed E-state index contributed by atoms with van der Waals surface area (Å²) in [5, 5.41) is 0.619. The Morgan fingerprint density at radius 1 is 1.11 bits per heavy atom. The van der Waals surface area contributed by atoms with E-state index in [0.717, 1.165) is 17.5 Å². The molecule has 4 heteroatoms. The van der Waals surface area contributed by atoms with E-state index in [0.29, 0.717) is 10.6 Å². The number of hydrogen-bond acceptors (Lipinski definition) is 3. The van der Waals surface area contributed by atoms with Gasteiger partial charge in [0.1, 0.15) is 5.57 Å². The lowest BCUT2D eigenvalue weighted by atomic mass is 9.97. The van der Waals surface area contributed by atoms with Crippen LogP contribution in [0, 0.1) is 0 Å². The lowest BCUT2D eigenvalue weighted by Gasteiger charge is -2.16. The first-order valence-electron chi connectivity index (χ1n) is 8.82. The van der Waals surface area contributed by atoms with E-state index in [1.165, 1.54) is 0 Å². The second-order valence-corrected chi connectivity index (χ2v) is 6.74. The predicted octanol–water partition coefficient (Wildman–Crippen LogP) is 5.61. The molecule has 1 atom stereocenters. The van der Waals surface area contributed by atoms with Crippen molar-refractivity contribution >= 4 is 29.4 Å². The molecule has 27 heavy (non-hydrogen) atoms. The number of Topliss-reactive ketones (excluding diaryl/α,β-unsaturated/α-hetero) is 1.